The number of anilines is 1. The van der Waals surface area contributed by atoms with Crippen molar-refractivity contribution in [1.29, 1.82) is 0 Å². The van der Waals surface area contributed by atoms with Gasteiger partial charge in [-0.15, -0.1) is 0 Å². The fourth-order valence-corrected chi connectivity index (χ4v) is 1.79. The standard InChI is InChI=1S/C14H17N3O3/c1-9-4-5-10(6-12(9)18)15-7-11-13(19-2)16-8-17-14(11)20-3/h4-6,8,15,18H,7H2,1-3H3. The molecule has 0 saturated heterocycles. The second-order valence-corrected chi connectivity index (χ2v) is 4.23. The summed E-state index contributed by atoms with van der Waals surface area (Å²) in [6, 6.07) is 5.39. The number of rotatable bonds is 5. The van der Waals surface area contributed by atoms with E-state index in [0.29, 0.717) is 18.3 Å². The zero-order valence-electron chi connectivity index (χ0n) is 11.7. The van der Waals surface area contributed by atoms with E-state index in [-0.39, 0.29) is 5.75 Å². The number of ether oxygens (including phenoxy) is 2. The number of aromatic nitrogens is 2. The van der Waals surface area contributed by atoms with Gasteiger partial charge in [0.1, 0.15) is 12.1 Å². The van der Waals surface area contributed by atoms with Gasteiger partial charge in [0.05, 0.1) is 26.3 Å². The molecule has 2 rings (SSSR count). The summed E-state index contributed by atoms with van der Waals surface area (Å²) < 4.78 is 10.4. The molecule has 106 valence electrons. The zero-order chi connectivity index (χ0) is 14.5. The molecule has 2 N–H and O–H groups in total. The van der Waals surface area contributed by atoms with Crippen molar-refractivity contribution in [3.8, 4) is 17.5 Å². The van der Waals surface area contributed by atoms with Crippen LogP contribution < -0.4 is 14.8 Å². The van der Waals surface area contributed by atoms with E-state index in [9.17, 15) is 5.11 Å². The molecule has 0 fully saturated rings. The number of aromatic hydroxyl groups is 1. The van der Waals surface area contributed by atoms with Gasteiger partial charge in [-0.25, -0.2) is 9.97 Å². The van der Waals surface area contributed by atoms with Crippen molar-refractivity contribution >= 4 is 5.69 Å². The summed E-state index contributed by atoms with van der Waals surface area (Å²) in [4.78, 5) is 8.09. The summed E-state index contributed by atoms with van der Waals surface area (Å²) >= 11 is 0. The number of nitrogens with one attached hydrogen (secondary N) is 1. The lowest BCUT2D eigenvalue weighted by Crippen LogP contribution is -2.06. The number of hydrogen-bond donors (Lipinski definition) is 2. The Bertz CT molecular complexity index is 580. The Morgan fingerprint density at radius 1 is 1.15 bits per heavy atom. The van der Waals surface area contributed by atoms with Crippen molar-refractivity contribution in [1.82, 2.24) is 9.97 Å². The topological polar surface area (TPSA) is 76.5 Å². The van der Waals surface area contributed by atoms with Gasteiger partial charge in [0.2, 0.25) is 11.8 Å². The lowest BCUT2D eigenvalue weighted by Gasteiger charge is -2.12. The maximum atomic E-state index is 9.68. The highest BCUT2D eigenvalue weighted by Crippen LogP contribution is 2.26. The number of aryl methyl sites for hydroxylation is 1. The highest BCUT2D eigenvalue weighted by molar-refractivity contribution is 5.52. The van der Waals surface area contributed by atoms with E-state index in [4.69, 9.17) is 9.47 Å². The highest BCUT2D eigenvalue weighted by atomic mass is 16.5. The van der Waals surface area contributed by atoms with Crippen LogP contribution in [0.2, 0.25) is 0 Å². The summed E-state index contributed by atoms with van der Waals surface area (Å²) in [5.41, 5.74) is 2.34. The van der Waals surface area contributed by atoms with E-state index in [0.717, 1.165) is 16.8 Å². The Morgan fingerprint density at radius 3 is 2.35 bits per heavy atom. The number of phenols is 1. The normalized spacial score (nSPS) is 10.2. The molecule has 0 saturated carbocycles. The van der Waals surface area contributed by atoms with Gasteiger partial charge in [0, 0.05) is 11.8 Å². The van der Waals surface area contributed by atoms with Crippen molar-refractivity contribution in [3.63, 3.8) is 0 Å². The summed E-state index contributed by atoms with van der Waals surface area (Å²) in [6.45, 7) is 2.27. The molecule has 1 aromatic heterocycles. The van der Waals surface area contributed by atoms with Crippen LogP contribution in [0, 0.1) is 6.92 Å². The molecular weight excluding hydrogens is 258 g/mol. The van der Waals surface area contributed by atoms with Gasteiger partial charge in [0.15, 0.2) is 0 Å². The van der Waals surface area contributed by atoms with Crippen molar-refractivity contribution in [3.05, 3.63) is 35.7 Å². The van der Waals surface area contributed by atoms with Gasteiger partial charge in [0.25, 0.3) is 0 Å². The molecule has 0 radical (unpaired) electrons. The molecule has 6 nitrogen and oxygen atoms in total. The molecule has 0 bridgehead atoms. The van der Waals surface area contributed by atoms with Gasteiger partial charge < -0.3 is 19.9 Å². The first-order chi connectivity index (χ1) is 9.65. The average molecular weight is 275 g/mol. The monoisotopic (exact) mass is 275 g/mol. The number of nitrogens with zero attached hydrogens (tertiary/aromatic N) is 2. The molecule has 0 aliphatic rings. The van der Waals surface area contributed by atoms with Crippen LogP contribution in [0.25, 0.3) is 0 Å². The van der Waals surface area contributed by atoms with Crippen LogP contribution in [-0.4, -0.2) is 29.3 Å². The lowest BCUT2D eigenvalue weighted by molar-refractivity contribution is 0.363. The first-order valence-corrected chi connectivity index (χ1v) is 6.11. The second-order valence-electron chi connectivity index (χ2n) is 4.23. The third-order valence-corrected chi connectivity index (χ3v) is 2.93. The van der Waals surface area contributed by atoms with Gasteiger partial charge >= 0.3 is 0 Å². The minimum absolute atomic E-state index is 0.248. The van der Waals surface area contributed by atoms with Crippen LogP contribution in [0.3, 0.4) is 0 Å². The summed E-state index contributed by atoms with van der Waals surface area (Å²) in [7, 11) is 3.09. The molecule has 0 amide bonds. The van der Waals surface area contributed by atoms with Crippen LogP contribution in [0.5, 0.6) is 17.5 Å². The molecule has 2 aromatic rings. The molecular formula is C14H17N3O3. The van der Waals surface area contributed by atoms with Crippen molar-refractivity contribution in [2.45, 2.75) is 13.5 Å². The molecule has 0 unspecified atom stereocenters. The van der Waals surface area contributed by atoms with Gasteiger partial charge in [-0.3, -0.25) is 0 Å². The van der Waals surface area contributed by atoms with Crippen LogP contribution in [0.1, 0.15) is 11.1 Å². The van der Waals surface area contributed by atoms with Crippen molar-refractivity contribution in [2.75, 3.05) is 19.5 Å². The Labute approximate surface area is 117 Å². The third kappa shape index (κ3) is 2.90. The number of phenolic OH excluding ortho intramolecular Hbond substituents is 1. The number of hydrogen-bond acceptors (Lipinski definition) is 6. The predicted octanol–water partition coefficient (Wildman–Crippen LogP) is 2.12. The molecule has 0 atom stereocenters. The van der Waals surface area contributed by atoms with E-state index in [1.807, 2.05) is 19.1 Å². The maximum Gasteiger partial charge on any atom is 0.225 e. The predicted molar refractivity (Wildman–Crippen MR) is 75.3 cm³/mol. The van der Waals surface area contributed by atoms with Crippen molar-refractivity contribution in [2.24, 2.45) is 0 Å². The lowest BCUT2D eigenvalue weighted by atomic mass is 10.2. The fraction of sp³-hybridized carbons (Fsp3) is 0.286. The summed E-state index contributed by atoms with van der Waals surface area (Å²) in [6.07, 6.45) is 1.39. The molecule has 1 heterocycles. The largest absolute Gasteiger partial charge is 0.508 e. The summed E-state index contributed by atoms with van der Waals surface area (Å²) in [5.74, 6) is 1.17. The van der Waals surface area contributed by atoms with Crippen LogP contribution in [0.15, 0.2) is 24.5 Å². The molecule has 0 aliphatic carbocycles. The van der Waals surface area contributed by atoms with E-state index >= 15 is 0 Å². The van der Waals surface area contributed by atoms with Gasteiger partial charge in [-0.05, 0) is 18.6 Å². The van der Waals surface area contributed by atoms with Crippen molar-refractivity contribution < 1.29 is 14.6 Å². The zero-order valence-corrected chi connectivity index (χ0v) is 11.7. The minimum Gasteiger partial charge on any atom is -0.508 e. The maximum absolute atomic E-state index is 9.68. The van der Waals surface area contributed by atoms with Gasteiger partial charge in [-0.2, -0.15) is 0 Å². The average Bonchev–Trinajstić information content (AvgIpc) is 2.48. The minimum atomic E-state index is 0.248. The van der Waals surface area contributed by atoms with E-state index < -0.39 is 0 Å². The van der Waals surface area contributed by atoms with Crippen LogP contribution >= 0.6 is 0 Å². The molecule has 1 aromatic carbocycles. The van der Waals surface area contributed by atoms with Gasteiger partial charge in [-0.1, -0.05) is 6.07 Å². The fourth-order valence-electron chi connectivity index (χ4n) is 1.79. The highest BCUT2D eigenvalue weighted by Gasteiger charge is 2.12. The SMILES string of the molecule is COc1ncnc(OC)c1CNc1ccc(C)c(O)c1. The smallest absolute Gasteiger partial charge is 0.225 e. The molecule has 0 spiro atoms. The molecule has 20 heavy (non-hydrogen) atoms. The first-order valence-electron chi connectivity index (χ1n) is 6.11. The first kappa shape index (κ1) is 13.9. The van der Waals surface area contributed by atoms with E-state index in [1.165, 1.54) is 6.33 Å². The molecule has 0 aliphatic heterocycles. The van der Waals surface area contributed by atoms with Crippen LogP contribution in [-0.2, 0) is 6.54 Å². The third-order valence-electron chi connectivity index (χ3n) is 2.93. The molecule has 6 heteroatoms. The Hall–Kier alpha value is -2.50. The quantitative estimate of drug-likeness (QED) is 0.870. The Morgan fingerprint density at radius 2 is 1.80 bits per heavy atom. The number of methoxy groups -OCH3 is 2. The van der Waals surface area contributed by atoms with Crippen LogP contribution in [0.4, 0.5) is 5.69 Å². The summed E-state index contributed by atoms with van der Waals surface area (Å²) in [5, 5.41) is 12.9. The Balaban J connectivity index is 2.19. The number of benzene rings is 1. The van der Waals surface area contributed by atoms with E-state index in [2.05, 4.69) is 15.3 Å². The Kier molecular flexibility index (Phi) is 4.24. The second kappa shape index (κ2) is 6.10. The van der Waals surface area contributed by atoms with E-state index in [1.54, 1.807) is 20.3 Å².